The first kappa shape index (κ1) is 21.3. The molecule has 0 amide bonds. The summed E-state index contributed by atoms with van der Waals surface area (Å²) in [7, 11) is -4.27. The van der Waals surface area contributed by atoms with Gasteiger partial charge in [-0.15, -0.1) is 0 Å². The fraction of sp³-hybridized carbons (Fsp3) is 0.538. The largest absolute Gasteiger partial charge is 0.744 e. The summed E-state index contributed by atoms with van der Waals surface area (Å²) in [6.45, 7) is 4.92. The summed E-state index contributed by atoms with van der Waals surface area (Å²) in [5, 5.41) is 3.41. The fourth-order valence-electron chi connectivity index (χ4n) is 1.27. The SMILES string of the molecule is Cc1ccc(S(=O)(=O)[O-])cc1.N=[N+]=NCCOCCOCCN. The van der Waals surface area contributed by atoms with Crippen LogP contribution >= 0.6 is 0 Å². The van der Waals surface area contributed by atoms with E-state index in [1.807, 2.05) is 6.92 Å². The molecule has 0 aliphatic carbocycles. The van der Waals surface area contributed by atoms with E-state index in [9.17, 15) is 13.0 Å². The lowest BCUT2D eigenvalue weighted by atomic mass is 10.2. The van der Waals surface area contributed by atoms with Crippen molar-refractivity contribution in [1.82, 2.24) is 4.91 Å². The van der Waals surface area contributed by atoms with Gasteiger partial charge in [0.25, 0.3) is 0 Å². The summed E-state index contributed by atoms with van der Waals surface area (Å²) in [5.41, 5.74) is 12.5. The maximum atomic E-state index is 10.4. The van der Waals surface area contributed by atoms with Crippen molar-refractivity contribution < 1.29 is 22.4 Å². The molecule has 0 aromatic heterocycles. The van der Waals surface area contributed by atoms with E-state index < -0.39 is 10.1 Å². The smallest absolute Gasteiger partial charge is 0.214 e. The van der Waals surface area contributed by atoms with E-state index in [-0.39, 0.29) is 4.90 Å². The Morgan fingerprint density at radius 1 is 1.17 bits per heavy atom. The van der Waals surface area contributed by atoms with Gasteiger partial charge in [-0.2, -0.15) is 0 Å². The molecule has 3 N–H and O–H groups in total. The number of nitrogens with zero attached hydrogens (tertiary/aromatic N) is 2. The van der Waals surface area contributed by atoms with Gasteiger partial charge < -0.3 is 19.8 Å². The standard InChI is InChI=1S/C7H8O3S.C6H15N4O2/c1-6-2-4-7(5-3-6)11(8,9)10;7-1-3-11-5-6-12-4-2-9-10-8/h2-5H,1H3,(H,8,9,10);8H,1-7H2/q;+1/p-1. The number of nitrogens with two attached hydrogens (primary N) is 1. The minimum absolute atomic E-state index is 0.178. The lowest BCUT2D eigenvalue weighted by molar-refractivity contribution is 0.0535. The quantitative estimate of drug-likeness (QED) is 0.286. The van der Waals surface area contributed by atoms with Gasteiger partial charge in [0, 0.05) is 6.54 Å². The molecule has 0 heterocycles. The summed E-state index contributed by atoms with van der Waals surface area (Å²) in [6, 6.07) is 5.78. The van der Waals surface area contributed by atoms with Gasteiger partial charge >= 0.3 is 0 Å². The van der Waals surface area contributed by atoms with Crippen molar-refractivity contribution in [3.63, 3.8) is 0 Å². The van der Waals surface area contributed by atoms with Crippen molar-refractivity contribution in [3.8, 4) is 0 Å². The van der Waals surface area contributed by atoms with E-state index in [1.54, 1.807) is 12.1 Å². The highest BCUT2D eigenvalue weighted by atomic mass is 32.2. The number of nitrogens with one attached hydrogen (secondary N) is 1. The molecule has 0 aliphatic heterocycles. The zero-order chi connectivity index (χ0) is 17.6. The van der Waals surface area contributed by atoms with Crippen LogP contribution in [0.3, 0.4) is 0 Å². The van der Waals surface area contributed by atoms with Crippen LogP contribution in [0.2, 0.25) is 0 Å². The first-order chi connectivity index (χ1) is 10.9. The van der Waals surface area contributed by atoms with Crippen LogP contribution < -0.4 is 10.6 Å². The van der Waals surface area contributed by atoms with Gasteiger partial charge in [-0.25, -0.2) is 8.42 Å². The van der Waals surface area contributed by atoms with E-state index in [4.69, 9.17) is 20.7 Å². The molecule has 0 fully saturated rings. The minimum Gasteiger partial charge on any atom is -0.744 e. The molecule has 1 rings (SSSR count). The van der Waals surface area contributed by atoms with Crippen molar-refractivity contribution >= 4 is 10.1 Å². The predicted molar refractivity (Wildman–Crippen MR) is 82.0 cm³/mol. The lowest BCUT2D eigenvalue weighted by Gasteiger charge is -2.05. The molecule has 9 nitrogen and oxygen atoms in total. The highest BCUT2D eigenvalue weighted by molar-refractivity contribution is 7.85. The number of rotatable bonds is 9. The molecule has 0 atom stereocenters. The summed E-state index contributed by atoms with van der Waals surface area (Å²) >= 11 is 0. The van der Waals surface area contributed by atoms with Crippen LogP contribution in [0.5, 0.6) is 0 Å². The molecule has 1 aromatic rings. The normalized spacial score (nSPS) is 10.4. The third-order valence-corrected chi connectivity index (χ3v) is 3.20. The van der Waals surface area contributed by atoms with Gasteiger partial charge in [-0.1, -0.05) is 17.7 Å². The molecule has 130 valence electrons. The predicted octanol–water partition coefficient (Wildman–Crippen LogP) is 0.428. The van der Waals surface area contributed by atoms with Gasteiger partial charge in [-0.3, -0.25) is 0 Å². The van der Waals surface area contributed by atoms with Gasteiger partial charge in [0.2, 0.25) is 4.91 Å². The number of ether oxygens (including phenoxy) is 2. The van der Waals surface area contributed by atoms with Crippen molar-refractivity contribution in [1.29, 1.82) is 5.53 Å². The maximum absolute atomic E-state index is 10.4. The molecule has 0 unspecified atom stereocenters. The van der Waals surface area contributed by atoms with Crippen molar-refractivity contribution in [3.05, 3.63) is 29.8 Å². The molecule has 1 aromatic carbocycles. The fourth-order valence-corrected chi connectivity index (χ4v) is 1.74. The van der Waals surface area contributed by atoms with E-state index in [0.29, 0.717) is 39.5 Å². The van der Waals surface area contributed by atoms with Gasteiger partial charge in [-0.05, 0) is 19.1 Å². The van der Waals surface area contributed by atoms with Crippen LogP contribution in [0, 0.1) is 12.5 Å². The second-order valence-corrected chi connectivity index (χ2v) is 5.63. The average molecular weight is 346 g/mol. The van der Waals surface area contributed by atoms with E-state index in [2.05, 4.69) is 10.0 Å². The van der Waals surface area contributed by atoms with E-state index in [0.717, 1.165) is 5.56 Å². The first-order valence-corrected chi connectivity index (χ1v) is 8.24. The van der Waals surface area contributed by atoms with Crippen molar-refractivity contribution in [2.45, 2.75) is 11.8 Å². The Balaban J connectivity index is 0.000000422. The second kappa shape index (κ2) is 12.8. The molecule has 0 saturated carbocycles. The van der Waals surface area contributed by atoms with Crippen LogP contribution in [0.25, 0.3) is 0 Å². The Morgan fingerprint density at radius 2 is 1.74 bits per heavy atom. The van der Waals surface area contributed by atoms with E-state index in [1.165, 1.54) is 12.1 Å². The van der Waals surface area contributed by atoms with Crippen molar-refractivity contribution in [2.75, 3.05) is 39.5 Å². The second-order valence-electron chi connectivity index (χ2n) is 4.25. The monoisotopic (exact) mass is 346 g/mol. The minimum atomic E-state index is -4.27. The van der Waals surface area contributed by atoms with Gasteiger partial charge in [0.1, 0.15) is 27.3 Å². The molecule has 0 aliphatic rings. The van der Waals surface area contributed by atoms with E-state index >= 15 is 0 Å². The highest BCUT2D eigenvalue weighted by Gasteiger charge is 1.97. The molecular weight excluding hydrogens is 324 g/mol. The molecule has 0 saturated heterocycles. The number of hydrogen-bond donors (Lipinski definition) is 2. The summed E-state index contributed by atoms with van der Waals surface area (Å²) in [6.07, 6.45) is 0. The third-order valence-electron chi connectivity index (χ3n) is 2.35. The summed E-state index contributed by atoms with van der Waals surface area (Å²) in [4.78, 5) is 2.65. The Hall–Kier alpha value is -1.68. The number of benzene rings is 1. The van der Waals surface area contributed by atoms with Crippen LogP contribution in [-0.2, 0) is 19.6 Å². The summed E-state index contributed by atoms with van der Waals surface area (Å²) in [5.74, 6) is 0. The zero-order valence-corrected chi connectivity index (χ0v) is 13.8. The molecule has 0 spiro atoms. The highest BCUT2D eigenvalue weighted by Crippen LogP contribution is 2.08. The molecular formula is C13H22N4O5S. The van der Waals surface area contributed by atoms with Gasteiger partial charge in [0.15, 0.2) is 0 Å². The average Bonchev–Trinajstić information content (AvgIpc) is 2.50. The first-order valence-electron chi connectivity index (χ1n) is 6.83. The topological polar surface area (TPSA) is 152 Å². The van der Waals surface area contributed by atoms with Crippen molar-refractivity contribution in [2.24, 2.45) is 10.8 Å². The Kier molecular flexibility index (Phi) is 11.9. The lowest BCUT2D eigenvalue weighted by Crippen LogP contribution is -2.12. The van der Waals surface area contributed by atoms with Crippen LogP contribution in [0.15, 0.2) is 34.3 Å². The van der Waals surface area contributed by atoms with Crippen LogP contribution in [0.1, 0.15) is 5.56 Å². The number of hydrogen-bond acceptors (Lipinski definition) is 8. The maximum Gasteiger partial charge on any atom is 0.214 e. The Labute approximate surface area is 135 Å². The zero-order valence-electron chi connectivity index (χ0n) is 13.0. The Bertz CT molecular complexity index is 571. The molecule has 10 heteroatoms. The molecule has 0 bridgehead atoms. The molecule has 0 radical (unpaired) electrons. The third kappa shape index (κ3) is 12.5. The summed E-state index contributed by atoms with van der Waals surface area (Å²) < 4.78 is 41.3. The van der Waals surface area contributed by atoms with Gasteiger partial charge in [0.05, 0.1) is 31.3 Å². The van der Waals surface area contributed by atoms with Crippen LogP contribution in [0.4, 0.5) is 0 Å². The Morgan fingerprint density at radius 3 is 2.22 bits per heavy atom. The number of aryl methyl sites for hydroxylation is 1. The van der Waals surface area contributed by atoms with Crippen LogP contribution in [-0.4, -0.2) is 52.5 Å². The molecule has 23 heavy (non-hydrogen) atoms.